The number of carbonyl (C=O) groups excluding carboxylic acids is 1. The van der Waals surface area contributed by atoms with Gasteiger partial charge in [0.2, 0.25) is 0 Å². The Balaban J connectivity index is 2.19. The van der Waals surface area contributed by atoms with E-state index >= 15 is 0 Å². The quantitative estimate of drug-likeness (QED) is 0.562. The van der Waals surface area contributed by atoms with Crippen LogP contribution in [0.2, 0.25) is 0 Å². The first-order valence-corrected chi connectivity index (χ1v) is 6.69. The van der Waals surface area contributed by atoms with Crippen LogP contribution >= 0.6 is 0 Å². The summed E-state index contributed by atoms with van der Waals surface area (Å²) >= 11 is 0. The highest BCUT2D eigenvalue weighted by Gasteiger charge is 2.11. The van der Waals surface area contributed by atoms with Crippen LogP contribution < -0.4 is 16.4 Å². The number of para-hydroxylation sites is 1. The number of methoxy groups -OCH3 is 1. The lowest BCUT2D eigenvalue weighted by Crippen LogP contribution is -2.27. The normalized spacial score (nSPS) is 10.1. The van der Waals surface area contributed by atoms with E-state index in [1.807, 2.05) is 30.3 Å². The van der Waals surface area contributed by atoms with Crippen molar-refractivity contribution >= 4 is 23.0 Å². The number of rotatable bonds is 6. The van der Waals surface area contributed by atoms with E-state index in [1.54, 1.807) is 25.3 Å². The number of anilines is 3. The van der Waals surface area contributed by atoms with Gasteiger partial charge in [-0.25, -0.2) is 0 Å². The van der Waals surface area contributed by atoms with E-state index < -0.39 is 0 Å². The molecule has 2 aromatic rings. The maximum Gasteiger partial charge on any atom is 0.253 e. The zero-order valence-corrected chi connectivity index (χ0v) is 11.9. The zero-order chi connectivity index (χ0) is 15.1. The molecule has 5 nitrogen and oxygen atoms in total. The molecule has 2 rings (SSSR count). The van der Waals surface area contributed by atoms with E-state index in [0.29, 0.717) is 30.1 Å². The molecule has 0 unspecified atom stereocenters. The van der Waals surface area contributed by atoms with E-state index in [0.717, 1.165) is 5.69 Å². The lowest BCUT2D eigenvalue weighted by Gasteiger charge is -2.13. The Labute approximate surface area is 124 Å². The van der Waals surface area contributed by atoms with Crippen LogP contribution in [0.5, 0.6) is 0 Å². The molecule has 0 aromatic heterocycles. The highest BCUT2D eigenvalue weighted by Crippen LogP contribution is 2.23. The molecule has 5 heteroatoms. The topological polar surface area (TPSA) is 76.4 Å². The SMILES string of the molecule is COCCNC(=O)c1cc(N)ccc1Nc1ccccc1. The van der Waals surface area contributed by atoms with Gasteiger partial charge in [0.1, 0.15) is 0 Å². The summed E-state index contributed by atoms with van der Waals surface area (Å²) < 4.78 is 4.92. The van der Waals surface area contributed by atoms with Gasteiger partial charge < -0.3 is 21.1 Å². The molecule has 110 valence electrons. The van der Waals surface area contributed by atoms with Crippen molar-refractivity contribution < 1.29 is 9.53 Å². The lowest BCUT2D eigenvalue weighted by atomic mass is 10.1. The molecule has 0 saturated carbocycles. The third-order valence-electron chi connectivity index (χ3n) is 2.93. The number of nitrogens with one attached hydrogen (secondary N) is 2. The molecule has 1 amide bonds. The molecule has 0 aliphatic carbocycles. The van der Waals surface area contributed by atoms with Crippen LogP contribution in [0.15, 0.2) is 48.5 Å². The highest BCUT2D eigenvalue weighted by atomic mass is 16.5. The standard InChI is InChI=1S/C16H19N3O2/c1-21-10-9-18-16(20)14-11-12(17)7-8-15(14)19-13-5-3-2-4-6-13/h2-8,11,19H,9-10,17H2,1H3,(H,18,20). The van der Waals surface area contributed by atoms with Gasteiger partial charge >= 0.3 is 0 Å². The number of nitrogen functional groups attached to an aromatic ring is 1. The highest BCUT2D eigenvalue weighted by molar-refractivity contribution is 6.01. The molecule has 0 heterocycles. The Bertz CT molecular complexity index is 600. The summed E-state index contributed by atoms with van der Waals surface area (Å²) in [6.45, 7) is 0.921. The smallest absolute Gasteiger partial charge is 0.253 e. The number of benzene rings is 2. The third kappa shape index (κ3) is 4.22. The Kier molecular flexibility index (Phi) is 5.17. The minimum Gasteiger partial charge on any atom is -0.399 e. The van der Waals surface area contributed by atoms with Crippen molar-refractivity contribution in [3.63, 3.8) is 0 Å². The summed E-state index contributed by atoms with van der Waals surface area (Å²) in [5.74, 6) is -0.183. The predicted molar refractivity (Wildman–Crippen MR) is 84.8 cm³/mol. The first-order chi connectivity index (χ1) is 10.2. The maximum atomic E-state index is 12.2. The fourth-order valence-corrected chi connectivity index (χ4v) is 1.90. The van der Waals surface area contributed by atoms with Crippen LogP contribution in [-0.2, 0) is 4.74 Å². The monoisotopic (exact) mass is 285 g/mol. The van der Waals surface area contributed by atoms with E-state index in [9.17, 15) is 4.79 Å². The molecule has 0 bridgehead atoms. The summed E-state index contributed by atoms with van der Waals surface area (Å²) in [7, 11) is 1.59. The van der Waals surface area contributed by atoms with E-state index in [4.69, 9.17) is 10.5 Å². The van der Waals surface area contributed by atoms with Gasteiger partial charge in [-0.05, 0) is 30.3 Å². The van der Waals surface area contributed by atoms with Crippen molar-refractivity contribution in [2.75, 3.05) is 31.3 Å². The van der Waals surface area contributed by atoms with Crippen LogP contribution in [0, 0.1) is 0 Å². The predicted octanol–water partition coefficient (Wildman–Crippen LogP) is 2.39. The van der Waals surface area contributed by atoms with Crippen molar-refractivity contribution in [1.29, 1.82) is 0 Å². The largest absolute Gasteiger partial charge is 0.399 e. The average Bonchev–Trinajstić information content (AvgIpc) is 2.50. The van der Waals surface area contributed by atoms with Crippen molar-refractivity contribution in [3.8, 4) is 0 Å². The minimum absolute atomic E-state index is 0.183. The summed E-state index contributed by atoms with van der Waals surface area (Å²) in [4.78, 5) is 12.2. The maximum absolute atomic E-state index is 12.2. The average molecular weight is 285 g/mol. The van der Waals surface area contributed by atoms with Gasteiger partial charge in [0, 0.05) is 25.0 Å². The lowest BCUT2D eigenvalue weighted by molar-refractivity contribution is 0.0938. The van der Waals surface area contributed by atoms with Crippen LogP contribution in [0.4, 0.5) is 17.1 Å². The van der Waals surface area contributed by atoms with Gasteiger partial charge in [0.15, 0.2) is 0 Å². The fourth-order valence-electron chi connectivity index (χ4n) is 1.90. The summed E-state index contributed by atoms with van der Waals surface area (Å²) in [6.07, 6.45) is 0. The Hall–Kier alpha value is -2.53. The van der Waals surface area contributed by atoms with Crippen molar-refractivity contribution in [2.24, 2.45) is 0 Å². The van der Waals surface area contributed by atoms with Crippen LogP contribution in [0.3, 0.4) is 0 Å². The van der Waals surface area contributed by atoms with Crippen LogP contribution in [0.25, 0.3) is 0 Å². The molecule has 2 aromatic carbocycles. The number of hydrogen-bond acceptors (Lipinski definition) is 4. The number of amides is 1. The molecule has 0 saturated heterocycles. The minimum atomic E-state index is -0.183. The van der Waals surface area contributed by atoms with Gasteiger partial charge in [-0.15, -0.1) is 0 Å². The second-order valence-electron chi connectivity index (χ2n) is 4.54. The molecule has 0 spiro atoms. The van der Waals surface area contributed by atoms with Crippen molar-refractivity contribution in [2.45, 2.75) is 0 Å². The van der Waals surface area contributed by atoms with E-state index in [2.05, 4.69) is 10.6 Å². The Morgan fingerprint density at radius 3 is 2.67 bits per heavy atom. The fraction of sp³-hybridized carbons (Fsp3) is 0.188. The number of nitrogens with two attached hydrogens (primary N) is 1. The number of ether oxygens (including phenoxy) is 1. The van der Waals surface area contributed by atoms with Gasteiger partial charge in [0.25, 0.3) is 5.91 Å². The first-order valence-electron chi connectivity index (χ1n) is 6.69. The second kappa shape index (κ2) is 7.31. The molecule has 0 aliphatic rings. The van der Waals surface area contributed by atoms with Crippen molar-refractivity contribution in [3.05, 3.63) is 54.1 Å². The van der Waals surface area contributed by atoms with Gasteiger partial charge in [-0.3, -0.25) is 4.79 Å². The Morgan fingerprint density at radius 2 is 1.95 bits per heavy atom. The third-order valence-corrected chi connectivity index (χ3v) is 2.93. The van der Waals surface area contributed by atoms with E-state index in [1.165, 1.54) is 0 Å². The first kappa shape index (κ1) is 14.9. The molecule has 4 N–H and O–H groups in total. The second-order valence-corrected chi connectivity index (χ2v) is 4.54. The molecule has 0 atom stereocenters. The molecule has 0 fully saturated rings. The summed E-state index contributed by atoms with van der Waals surface area (Å²) in [6, 6.07) is 14.9. The molecule has 0 radical (unpaired) electrons. The zero-order valence-electron chi connectivity index (χ0n) is 11.9. The summed E-state index contributed by atoms with van der Waals surface area (Å²) in [5.41, 5.74) is 8.46. The molecule has 0 aliphatic heterocycles. The van der Waals surface area contributed by atoms with Gasteiger partial charge in [0.05, 0.1) is 17.9 Å². The van der Waals surface area contributed by atoms with Crippen molar-refractivity contribution in [1.82, 2.24) is 5.32 Å². The van der Waals surface area contributed by atoms with E-state index in [-0.39, 0.29) is 5.91 Å². The van der Waals surface area contributed by atoms with Gasteiger partial charge in [-0.2, -0.15) is 0 Å². The van der Waals surface area contributed by atoms with Crippen LogP contribution in [0.1, 0.15) is 10.4 Å². The number of carbonyl (C=O) groups is 1. The van der Waals surface area contributed by atoms with Gasteiger partial charge in [-0.1, -0.05) is 18.2 Å². The molecule has 21 heavy (non-hydrogen) atoms. The Morgan fingerprint density at radius 1 is 1.19 bits per heavy atom. The molecular weight excluding hydrogens is 266 g/mol. The van der Waals surface area contributed by atoms with Crippen LogP contribution in [-0.4, -0.2) is 26.2 Å². The number of hydrogen-bond donors (Lipinski definition) is 3. The molecular formula is C16H19N3O2. The summed E-state index contributed by atoms with van der Waals surface area (Å²) in [5, 5.41) is 6.02.